The summed E-state index contributed by atoms with van der Waals surface area (Å²) in [6.07, 6.45) is 2.12. The molecule has 9 nitrogen and oxygen atoms in total. The number of methoxy groups -OCH3 is 1. The Morgan fingerprint density at radius 1 is 1.25 bits per heavy atom. The van der Waals surface area contributed by atoms with E-state index < -0.39 is 0 Å². The Labute approximate surface area is 166 Å². The number of carbonyl (C=O) groups is 2. The van der Waals surface area contributed by atoms with Gasteiger partial charge in [0.1, 0.15) is 5.75 Å². The minimum absolute atomic E-state index is 0.101. The van der Waals surface area contributed by atoms with Gasteiger partial charge in [-0.2, -0.15) is 0 Å². The molecule has 0 spiro atoms. The normalized spacial score (nSPS) is 16.0. The summed E-state index contributed by atoms with van der Waals surface area (Å²) in [6.45, 7) is 1.38. The number of nitrogens with one attached hydrogen (secondary N) is 2. The second kappa shape index (κ2) is 10.1. The molecule has 0 saturated carbocycles. The minimum Gasteiger partial charge on any atom is -0.497 e. The summed E-state index contributed by atoms with van der Waals surface area (Å²) in [7, 11) is 1.56. The summed E-state index contributed by atoms with van der Waals surface area (Å²) < 4.78 is 16.0. The van der Waals surface area contributed by atoms with Crippen LogP contribution in [0.5, 0.6) is 5.75 Å². The Kier molecular flexibility index (Phi) is 7.26. The molecule has 1 aliphatic heterocycles. The molecule has 10 heteroatoms. The van der Waals surface area contributed by atoms with Gasteiger partial charge in [-0.05, 0) is 37.1 Å². The number of benzene rings is 1. The van der Waals surface area contributed by atoms with Crippen LogP contribution in [0, 0.1) is 0 Å². The Balaban J connectivity index is 1.38. The molecule has 2 N–H and O–H groups in total. The zero-order chi connectivity index (χ0) is 19.8. The highest BCUT2D eigenvalue weighted by Crippen LogP contribution is 2.16. The number of carbonyl (C=O) groups excluding carboxylic acids is 2. The van der Waals surface area contributed by atoms with Crippen LogP contribution in [0.2, 0.25) is 0 Å². The maximum Gasteiger partial charge on any atom is 0.277 e. The first-order valence-electron chi connectivity index (χ1n) is 8.90. The fourth-order valence-corrected chi connectivity index (χ4v) is 3.19. The molecule has 2 heterocycles. The Morgan fingerprint density at radius 2 is 2.07 bits per heavy atom. The number of hydrogen-bond acceptors (Lipinski definition) is 8. The van der Waals surface area contributed by atoms with E-state index in [2.05, 4.69) is 20.8 Å². The molecule has 2 amide bonds. The molecule has 28 heavy (non-hydrogen) atoms. The van der Waals surface area contributed by atoms with Gasteiger partial charge in [-0.15, -0.1) is 10.2 Å². The van der Waals surface area contributed by atoms with Crippen molar-refractivity contribution in [3.8, 4) is 5.75 Å². The van der Waals surface area contributed by atoms with Gasteiger partial charge < -0.3 is 24.5 Å². The second-order valence-electron chi connectivity index (χ2n) is 6.10. The number of thioether (sulfide) groups is 1. The van der Waals surface area contributed by atoms with E-state index in [1.807, 2.05) is 0 Å². The Morgan fingerprint density at radius 3 is 2.79 bits per heavy atom. The van der Waals surface area contributed by atoms with Gasteiger partial charge in [0.2, 0.25) is 11.8 Å². The van der Waals surface area contributed by atoms with Crippen molar-refractivity contribution in [1.82, 2.24) is 20.8 Å². The van der Waals surface area contributed by atoms with Gasteiger partial charge in [-0.25, -0.2) is 0 Å². The number of aromatic nitrogens is 2. The molecule has 0 aliphatic carbocycles. The highest BCUT2D eigenvalue weighted by Gasteiger charge is 2.17. The second-order valence-corrected chi connectivity index (χ2v) is 7.03. The Hall–Kier alpha value is -2.59. The first kappa shape index (κ1) is 20.2. The lowest BCUT2D eigenvalue weighted by Crippen LogP contribution is -2.32. The predicted octanol–water partition coefficient (Wildman–Crippen LogP) is 1.40. The van der Waals surface area contributed by atoms with E-state index >= 15 is 0 Å². The first-order valence-corrected chi connectivity index (χ1v) is 9.88. The quantitative estimate of drug-likeness (QED) is 0.601. The van der Waals surface area contributed by atoms with E-state index in [9.17, 15) is 9.59 Å². The smallest absolute Gasteiger partial charge is 0.277 e. The number of rotatable bonds is 9. The fourth-order valence-electron chi connectivity index (χ4n) is 2.58. The van der Waals surface area contributed by atoms with Crippen molar-refractivity contribution in [2.45, 2.75) is 30.7 Å². The van der Waals surface area contributed by atoms with E-state index in [0.717, 1.165) is 31.2 Å². The van der Waals surface area contributed by atoms with Crippen LogP contribution >= 0.6 is 11.8 Å². The third-order valence-electron chi connectivity index (χ3n) is 4.08. The van der Waals surface area contributed by atoms with E-state index in [4.69, 9.17) is 13.9 Å². The van der Waals surface area contributed by atoms with Gasteiger partial charge in [0.15, 0.2) is 0 Å². The summed E-state index contributed by atoms with van der Waals surface area (Å²) in [5.41, 5.74) is 0.498. The molecule has 1 aliphatic rings. The summed E-state index contributed by atoms with van der Waals surface area (Å²) in [5, 5.41) is 13.6. The molecule has 1 saturated heterocycles. The highest BCUT2D eigenvalue weighted by atomic mass is 32.2. The van der Waals surface area contributed by atoms with Crippen LogP contribution in [-0.4, -0.2) is 54.1 Å². The summed E-state index contributed by atoms with van der Waals surface area (Å²) >= 11 is 1.15. The van der Waals surface area contributed by atoms with Crippen molar-refractivity contribution in [3.63, 3.8) is 0 Å². The zero-order valence-corrected chi connectivity index (χ0v) is 16.3. The van der Waals surface area contributed by atoms with Crippen LogP contribution in [0.1, 0.15) is 29.1 Å². The molecule has 1 atom stereocenters. The molecule has 0 unspecified atom stereocenters. The van der Waals surface area contributed by atoms with Crippen LogP contribution in [-0.2, 0) is 16.1 Å². The van der Waals surface area contributed by atoms with Crippen molar-refractivity contribution >= 4 is 23.6 Å². The number of amides is 2. The van der Waals surface area contributed by atoms with Crippen molar-refractivity contribution in [1.29, 1.82) is 0 Å². The van der Waals surface area contributed by atoms with Gasteiger partial charge >= 0.3 is 0 Å². The van der Waals surface area contributed by atoms with Crippen molar-refractivity contribution in [3.05, 3.63) is 35.7 Å². The molecule has 1 aromatic heterocycles. The lowest BCUT2D eigenvalue weighted by atomic mass is 10.2. The average Bonchev–Trinajstić information content (AvgIpc) is 3.41. The van der Waals surface area contributed by atoms with Crippen molar-refractivity contribution < 1.29 is 23.5 Å². The first-order chi connectivity index (χ1) is 13.6. The molecule has 150 valence electrons. The van der Waals surface area contributed by atoms with Gasteiger partial charge in [-0.1, -0.05) is 11.8 Å². The third-order valence-corrected chi connectivity index (χ3v) is 4.90. The number of nitrogens with zero attached hydrogens (tertiary/aromatic N) is 2. The van der Waals surface area contributed by atoms with Crippen LogP contribution in [0.3, 0.4) is 0 Å². The number of ether oxygens (including phenoxy) is 2. The van der Waals surface area contributed by atoms with Gasteiger partial charge in [0.05, 0.1) is 25.5 Å². The van der Waals surface area contributed by atoms with Crippen molar-refractivity contribution in [2.24, 2.45) is 0 Å². The molecule has 0 bridgehead atoms. The van der Waals surface area contributed by atoms with E-state index in [-0.39, 0.29) is 41.3 Å². The minimum atomic E-state index is -0.261. The lowest BCUT2D eigenvalue weighted by molar-refractivity contribution is -0.119. The van der Waals surface area contributed by atoms with Crippen LogP contribution in [0.15, 0.2) is 33.9 Å². The van der Waals surface area contributed by atoms with Gasteiger partial charge in [0.25, 0.3) is 11.1 Å². The van der Waals surface area contributed by atoms with Crippen LogP contribution in [0.25, 0.3) is 0 Å². The topological polar surface area (TPSA) is 116 Å². The standard InChI is InChI=1S/C18H22N4O5S/c1-25-13-6-4-12(5-7-13)17(24)20-10-16-21-22-18(27-16)28-11-15(23)19-9-14-3-2-8-26-14/h4-7,14H,2-3,8-11H2,1H3,(H,19,23)(H,20,24)/t14-/m0/s1. The summed E-state index contributed by atoms with van der Waals surface area (Å²) in [6, 6.07) is 6.75. The maximum absolute atomic E-state index is 12.1. The third kappa shape index (κ3) is 5.96. The van der Waals surface area contributed by atoms with Gasteiger partial charge in [0, 0.05) is 18.7 Å². The largest absolute Gasteiger partial charge is 0.497 e. The summed E-state index contributed by atoms with van der Waals surface area (Å²) in [4.78, 5) is 24.0. The molecule has 2 aromatic rings. The lowest BCUT2D eigenvalue weighted by Gasteiger charge is -2.09. The Bertz CT molecular complexity index is 790. The predicted molar refractivity (Wildman–Crippen MR) is 101 cm³/mol. The van der Waals surface area contributed by atoms with Crippen LogP contribution in [0.4, 0.5) is 0 Å². The highest BCUT2D eigenvalue weighted by molar-refractivity contribution is 7.99. The molecular weight excluding hydrogens is 384 g/mol. The van der Waals surface area contributed by atoms with Gasteiger partial charge in [-0.3, -0.25) is 9.59 Å². The van der Waals surface area contributed by atoms with Crippen molar-refractivity contribution in [2.75, 3.05) is 26.0 Å². The maximum atomic E-state index is 12.1. The summed E-state index contributed by atoms with van der Waals surface area (Å²) in [5.74, 6) is 0.739. The SMILES string of the molecule is COc1ccc(C(=O)NCc2nnc(SCC(=O)NC[C@@H]3CCCO3)o2)cc1. The molecule has 1 aromatic carbocycles. The van der Waals surface area contributed by atoms with Crippen LogP contribution < -0.4 is 15.4 Å². The monoisotopic (exact) mass is 406 g/mol. The number of hydrogen-bond donors (Lipinski definition) is 2. The van der Waals surface area contributed by atoms with E-state index in [0.29, 0.717) is 17.9 Å². The van der Waals surface area contributed by atoms with E-state index in [1.54, 1.807) is 31.4 Å². The zero-order valence-electron chi connectivity index (χ0n) is 15.5. The molecule has 1 fully saturated rings. The molecular formula is C18H22N4O5S. The fraction of sp³-hybridized carbons (Fsp3) is 0.444. The molecule has 0 radical (unpaired) electrons. The average molecular weight is 406 g/mol. The van der Waals surface area contributed by atoms with E-state index in [1.165, 1.54) is 0 Å². The molecule has 3 rings (SSSR count).